The Kier molecular flexibility index (Phi) is 7.21. The second-order valence-corrected chi connectivity index (χ2v) is 7.64. The van der Waals surface area contributed by atoms with Crippen LogP contribution in [0.3, 0.4) is 0 Å². The fourth-order valence-electron chi connectivity index (χ4n) is 3.09. The lowest BCUT2D eigenvalue weighted by atomic mass is 9.98. The standard InChI is InChI=1S/C13H27N3O2S.ClH/c1-3-14-11-13-6-9-15(10-7-13)19(17,18)16-8-4-5-12(16)2;/h12-14H,3-11H2,1-2H3;1H. The van der Waals surface area contributed by atoms with Gasteiger partial charge in [0.05, 0.1) is 0 Å². The van der Waals surface area contributed by atoms with Crippen molar-refractivity contribution in [2.24, 2.45) is 5.92 Å². The predicted molar refractivity (Wildman–Crippen MR) is 84.4 cm³/mol. The molecule has 120 valence electrons. The third-order valence-electron chi connectivity index (χ3n) is 4.37. The van der Waals surface area contributed by atoms with Gasteiger partial charge in [-0.05, 0) is 51.6 Å². The van der Waals surface area contributed by atoms with Crippen molar-refractivity contribution < 1.29 is 8.42 Å². The largest absolute Gasteiger partial charge is 0.317 e. The van der Waals surface area contributed by atoms with Gasteiger partial charge < -0.3 is 5.32 Å². The molecule has 20 heavy (non-hydrogen) atoms. The molecule has 0 aromatic heterocycles. The summed E-state index contributed by atoms with van der Waals surface area (Å²) in [5, 5.41) is 3.36. The minimum atomic E-state index is -3.21. The number of nitrogens with one attached hydrogen (secondary N) is 1. The minimum Gasteiger partial charge on any atom is -0.317 e. The van der Waals surface area contributed by atoms with Gasteiger partial charge in [0.15, 0.2) is 0 Å². The molecular formula is C13H28ClN3O2S. The highest BCUT2D eigenvalue weighted by atomic mass is 35.5. The molecule has 2 aliphatic rings. The van der Waals surface area contributed by atoms with Gasteiger partial charge >= 0.3 is 0 Å². The molecule has 0 aliphatic carbocycles. The molecule has 2 saturated heterocycles. The van der Waals surface area contributed by atoms with Crippen LogP contribution in [0.4, 0.5) is 0 Å². The van der Waals surface area contributed by atoms with Crippen LogP contribution in [0.1, 0.15) is 39.5 Å². The Hall–Kier alpha value is 0.120. The molecule has 0 aromatic rings. The van der Waals surface area contributed by atoms with Gasteiger partial charge in [-0.2, -0.15) is 17.0 Å². The lowest BCUT2D eigenvalue weighted by Gasteiger charge is -2.35. The normalized spacial score (nSPS) is 26.6. The first kappa shape index (κ1) is 18.2. The van der Waals surface area contributed by atoms with Gasteiger partial charge in [-0.3, -0.25) is 0 Å². The van der Waals surface area contributed by atoms with E-state index in [0.29, 0.717) is 25.6 Å². The van der Waals surface area contributed by atoms with Crippen LogP contribution in [0, 0.1) is 5.92 Å². The average molecular weight is 326 g/mol. The maximum atomic E-state index is 12.6. The summed E-state index contributed by atoms with van der Waals surface area (Å²) in [7, 11) is -3.21. The van der Waals surface area contributed by atoms with Gasteiger partial charge in [0.1, 0.15) is 0 Å². The number of piperidine rings is 1. The molecule has 5 nitrogen and oxygen atoms in total. The molecule has 2 aliphatic heterocycles. The van der Waals surface area contributed by atoms with Crippen molar-refractivity contribution >= 4 is 22.6 Å². The van der Waals surface area contributed by atoms with Crippen LogP contribution in [0.2, 0.25) is 0 Å². The number of halogens is 1. The molecule has 0 aromatic carbocycles. The van der Waals surface area contributed by atoms with Crippen molar-refractivity contribution in [3.63, 3.8) is 0 Å². The zero-order valence-corrected chi connectivity index (χ0v) is 14.2. The number of hydrogen-bond acceptors (Lipinski definition) is 3. The molecule has 2 heterocycles. The molecule has 2 rings (SSSR count). The van der Waals surface area contributed by atoms with E-state index >= 15 is 0 Å². The Labute approximate surface area is 129 Å². The third kappa shape index (κ3) is 4.07. The van der Waals surface area contributed by atoms with Crippen molar-refractivity contribution in [2.45, 2.75) is 45.6 Å². The van der Waals surface area contributed by atoms with Crippen LogP contribution in [0.25, 0.3) is 0 Å². The van der Waals surface area contributed by atoms with Crippen LogP contribution in [0.5, 0.6) is 0 Å². The summed E-state index contributed by atoms with van der Waals surface area (Å²) in [6, 6.07) is 0.171. The van der Waals surface area contributed by atoms with E-state index in [1.165, 1.54) is 0 Å². The SMILES string of the molecule is CCNCC1CCN(S(=O)(=O)N2CCCC2C)CC1.Cl. The lowest BCUT2D eigenvalue weighted by molar-refractivity contribution is 0.248. The number of hydrogen-bond donors (Lipinski definition) is 1. The Balaban J connectivity index is 0.00000200. The Morgan fingerprint density at radius 2 is 1.80 bits per heavy atom. The van der Waals surface area contributed by atoms with Crippen molar-refractivity contribution in [2.75, 3.05) is 32.7 Å². The molecule has 0 saturated carbocycles. The molecule has 0 spiro atoms. The fraction of sp³-hybridized carbons (Fsp3) is 1.00. The van der Waals surface area contributed by atoms with Crippen LogP contribution in [0.15, 0.2) is 0 Å². The minimum absolute atomic E-state index is 0. The van der Waals surface area contributed by atoms with Crippen molar-refractivity contribution in [1.29, 1.82) is 0 Å². The molecule has 1 atom stereocenters. The average Bonchev–Trinajstić information content (AvgIpc) is 2.84. The summed E-state index contributed by atoms with van der Waals surface area (Å²) in [5.74, 6) is 0.627. The Morgan fingerprint density at radius 1 is 1.15 bits per heavy atom. The van der Waals surface area contributed by atoms with Crippen LogP contribution in [-0.2, 0) is 10.2 Å². The second-order valence-electron chi connectivity index (χ2n) is 5.76. The summed E-state index contributed by atoms with van der Waals surface area (Å²) in [6.07, 6.45) is 3.95. The fourth-order valence-corrected chi connectivity index (χ4v) is 4.98. The zero-order chi connectivity index (χ0) is 13.9. The predicted octanol–water partition coefficient (Wildman–Crippen LogP) is 1.46. The lowest BCUT2D eigenvalue weighted by Crippen LogP contribution is -2.48. The van der Waals surface area contributed by atoms with Gasteiger partial charge in [-0.1, -0.05) is 6.92 Å². The third-order valence-corrected chi connectivity index (χ3v) is 6.52. The highest BCUT2D eigenvalue weighted by molar-refractivity contribution is 7.86. The summed E-state index contributed by atoms with van der Waals surface area (Å²) >= 11 is 0. The van der Waals surface area contributed by atoms with E-state index in [2.05, 4.69) is 12.2 Å². The van der Waals surface area contributed by atoms with E-state index in [-0.39, 0.29) is 18.4 Å². The maximum absolute atomic E-state index is 12.6. The van der Waals surface area contributed by atoms with E-state index in [1.807, 2.05) is 6.92 Å². The smallest absolute Gasteiger partial charge is 0.282 e. The van der Waals surface area contributed by atoms with Crippen molar-refractivity contribution in [1.82, 2.24) is 13.9 Å². The highest BCUT2D eigenvalue weighted by Gasteiger charge is 2.37. The van der Waals surface area contributed by atoms with Crippen LogP contribution in [-0.4, -0.2) is 55.8 Å². The first-order chi connectivity index (χ1) is 9.05. The first-order valence-corrected chi connectivity index (χ1v) is 8.93. The molecule has 7 heteroatoms. The van der Waals surface area contributed by atoms with Crippen LogP contribution < -0.4 is 5.32 Å². The first-order valence-electron chi connectivity index (χ1n) is 7.53. The molecule has 1 unspecified atom stereocenters. The van der Waals surface area contributed by atoms with E-state index in [0.717, 1.165) is 38.8 Å². The quantitative estimate of drug-likeness (QED) is 0.832. The number of nitrogens with zero attached hydrogens (tertiary/aromatic N) is 2. The zero-order valence-electron chi connectivity index (χ0n) is 12.5. The Bertz CT molecular complexity index is 383. The van der Waals surface area contributed by atoms with E-state index < -0.39 is 10.2 Å². The molecule has 1 N–H and O–H groups in total. The van der Waals surface area contributed by atoms with Crippen molar-refractivity contribution in [3.05, 3.63) is 0 Å². The van der Waals surface area contributed by atoms with E-state index in [1.54, 1.807) is 8.61 Å². The molecule has 0 radical (unpaired) electrons. The monoisotopic (exact) mass is 325 g/mol. The molecule has 0 amide bonds. The van der Waals surface area contributed by atoms with E-state index in [4.69, 9.17) is 0 Å². The maximum Gasteiger partial charge on any atom is 0.282 e. The highest BCUT2D eigenvalue weighted by Crippen LogP contribution is 2.26. The summed E-state index contributed by atoms with van der Waals surface area (Å²) in [4.78, 5) is 0. The van der Waals surface area contributed by atoms with Crippen molar-refractivity contribution in [3.8, 4) is 0 Å². The molecular weight excluding hydrogens is 298 g/mol. The summed E-state index contributed by atoms with van der Waals surface area (Å²) in [6.45, 7) is 8.19. The summed E-state index contributed by atoms with van der Waals surface area (Å²) in [5.41, 5.74) is 0. The van der Waals surface area contributed by atoms with Gasteiger partial charge in [0.25, 0.3) is 10.2 Å². The Morgan fingerprint density at radius 3 is 2.30 bits per heavy atom. The topological polar surface area (TPSA) is 52.7 Å². The van der Waals surface area contributed by atoms with Gasteiger partial charge in [-0.25, -0.2) is 0 Å². The van der Waals surface area contributed by atoms with E-state index in [9.17, 15) is 8.42 Å². The van der Waals surface area contributed by atoms with Gasteiger partial charge in [0.2, 0.25) is 0 Å². The van der Waals surface area contributed by atoms with Gasteiger partial charge in [0, 0.05) is 25.7 Å². The molecule has 0 bridgehead atoms. The second kappa shape index (κ2) is 7.94. The summed E-state index contributed by atoms with van der Waals surface area (Å²) < 4.78 is 28.5. The molecule has 2 fully saturated rings. The number of rotatable bonds is 5. The van der Waals surface area contributed by atoms with Crippen LogP contribution >= 0.6 is 12.4 Å². The van der Waals surface area contributed by atoms with Gasteiger partial charge in [-0.15, -0.1) is 12.4 Å².